The lowest BCUT2D eigenvalue weighted by Gasteiger charge is -2.36. The Morgan fingerprint density at radius 1 is 1.29 bits per heavy atom. The van der Waals surface area contributed by atoms with Crippen molar-refractivity contribution in [2.24, 2.45) is 0 Å². The minimum absolute atomic E-state index is 0. The van der Waals surface area contributed by atoms with Gasteiger partial charge in [-0.25, -0.2) is 0 Å². The topological polar surface area (TPSA) is 15.3 Å². The molecule has 1 aliphatic heterocycles. The molecule has 0 aliphatic carbocycles. The van der Waals surface area contributed by atoms with Crippen LogP contribution < -0.4 is 5.32 Å². The smallest absolute Gasteiger partial charge is 0.314 e. The molecule has 1 aliphatic rings. The van der Waals surface area contributed by atoms with Crippen molar-refractivity contribution in [2.45, 2.75) is 25.6 Å². The maximum Gasteiger partial charge on any atom is 0.390 e. The molecule has 1 aromatic carbocycles. The van der Waals surface area contributed by atoms with Crippen molar-refractivity contribution in [3.05, 3.63) is 33.8 Å². The molecule has 0 aromatic heterocycles. The Hall–Kier alpha value is -0.300. The third-order valence-electron chi connectivity index (χ3n) is 3.62. The number of aryl methyl sites for hydroxylation is 1. The van der Waals surface area contributed by atoms with Gasteiger partial charge in [0.05, 0.1) is 6.42 Å². The molecular formula is C14H19BrClF3N2. The summed E-state index contributed by atoms with van der Waals surface area (Å²) in [7, 11) is 0. The number of nitrogens with zero attached hydrogens (tertiary/aromatic N) is 1. The van der Waals surface area contributed by atoms with Crippen LogP contribution in [0.2, 0.25) is 0 Å². The number of nitrogens with one attached hydrogen (secondary N) is 1. The Labute approximate surface area is 137 Å². The maximum atomic E-state index is 12.9. The summed E-state index contributed by atoms with van der Waals surface area (Å²) >= 11 is 3.36. The lowest BCUT2D eigenvalue weighted by atomic mass is 9.96. The fourth-order valence-corrected chi connectivity index (χ4v) is 3.00. The average Bonchev–Trinajstić information content (AvgIpc) is 2.39. The lowest BCUT2D eigenvalue weighted by molar-refractivity contribution is -0.148. The minimum Gasteiger partial charge on any atom is -0.314 e. The second-order valence-electron chi connectivity index (χ2n) is 5.12. The Morgan fingerprint density at radius 2 is 1.90 bits per heavy atom. The molecule has 0 unspecified atom stereocenters. The number of rotatable bonds is 3. The van der Waals surface area contributed by atoms with Crippen LogP contribution >= 0.6 is 28.3 Å². The van der Waals surface area contributed by atoms with Gasteiger partial charge in [0, 0.05) is 36.7 Å². The van der Waals surface area contributed by atoms with Crippen LogP contribution in [0.25, 0.3) is 0 Å². The first-order valence-corrected chi connectivity index (χ1v) is 7.44. The molecule has 1 saturated heterocycles. The zero-order valence-corrected chi connectivity index (χ0v) is 14.1. The summed E-state index contributed by atoms with van der Waals surface area (Å²) in [5, 5.41) is 3.18. The Balaban J connectivity index is 0.00000220. The van der Waals surface area contributed by atoms with E-state index in [9.17, 15) is 13.2 Å². The molecule has 7 heteroatoms. The number of hydrogen-bond donors (Lipinski definition) is 1. The van der Waals surface area contributed by atoms with Crippen molar-refractivity contribution in [1.29, 1.82) is 0 Å². The molecule has 2 rings (SSSR count). The first-order valence-electron chi connectivity index (χ1n) is 6.64. The molecule has 120 valence electrons. The van der Waals surface area contributed by atoms with Gasteiger partial charge in [0.15, 0.2) is 0 Å². The zero-order valence-electron chi connectivity index (χ0n) is 11.7. The molecule has 0 saturated carbocycles. The van der Waals surface area contributed by atoms with Gasteiger partial charge in [0.25, 0.3) is 0 Å². The van der Waals surface area contributed by atoms with Crippen LogP contribution in [0.3, 0.4) is 0 Å². The largest absolute Gasteiger partial charge is 0.390 e. The molecule has 1 atom stereocenters. The molecule has 0 spiro atoms. The van der Waals surface area contributed by atoms with Crippen LogP contribution in [-0.2, 0) is 0 Å². The fourth-order valence-electron chi connectivity index (χ4n) is 2.62. The van der Waals surface area contributed by atoms with Crippen molar-refractivity contribution >= 4 is 28.3 Å². The first-order chi connectivity index (χ1) is 9.37. The van der Waals surface area contributed by atoms with Crippen LogP contribution in [0.1, 0.15) is 23.6 Å². The zero-order chi connectivity index (χ0) is 14.8. The van der Waals surface area contributed by atoms with Crippen LogP contribution in [0.4, 0.5) is 13.2 Å². The molecular weight excluding hydrogens is 369 g/mol. The van der Waals surface area contributed by atoms with Gasteiger partial charge in [0.1, 0.15) is 0 Å². The summed E-state index contributed by atoms with van der Waals surface area (Å²) in [6.45, 7) is 4.63. The van der Waals surface area contributed by atoms with Gasteiger partial charge in [-0.15, -0.1) is 12.4 Å². The molecule has 1 fully saturated rings. The number of halogens is 5. The number of piperazine rings is 1. The van der Waals surface area contributed by atoms with E-state index in [1.165, 1.54) is 0 Å². The lowest BCUT2D eigenvalue weighted by Crippen LogP contribution is -2.46. The van der Waals surface area contributed by atoms with Crippen LogP contribution in [0.5, 0.6) is 0 Å². The van der Waals surface area contributed by atoms with E-state index in [0.29, 0.717) is 13.1 Å². The Morgan fingerprint density at radius 3 is 2.48 bits per heavy atom. The van der Waals surface area contributed by atoms with Crippen LogP contribution in [0, 0.1) is 6.92 Å². The summed E-state index contributed by atoms with van der Waals surface area (Å²) in [4.78, 5) is 1.93. The fraction of sp³-hybridized carbons (Fsp3) is 0.571. The van der Waals surface area contributed by atoms with E-state index in [2.05, 4.69) is 21.2 Å². The third-order valence-corrected chi connectivity index (χ3v) is 4.11. The van der Waals surface area contributed by atoms with Gasteiger partial charge < -0.3 is 5.32 Å². The van der Waals surface area contributed by atoms with E-state index in [-0.39, 0.29) is 12.4 Å². The van der Waals surface area contributed by atoms with Crippen molar-refractivity contribution in [3.63, 3.8) is 0 Å². The summed E-state index contributed by atoms with van der Waals surface area (Å²) in [5.41, 5.74) is 1.67. The third kappa shape index (κ3) is 5.43. The maximum absolute atomic E-state index is 12.9. The quantitative estimate of drug-likeness (QED) is 0.841. The van der Waals surface area contributed by atoms with Gasteiger partial charge in [-0.2, -0.15) is 13.2 Å². The molecule has 1 aromatic rings. The van der Waals surface area contributed by atoms with Gasteiger partial charge in [0.2, 0.25) is 0 Å². The molecule has 0 bridgehead atoms. The molecule has 1 heterocycles. The second-order valence-corrected chi connectivity index (χ2v) is 6.04. The Kier molecular flexibility index (Phi) is 6.97. The summed E-state index contributed by atoms with van der Waals surface area (Å²) in [5.74, 6) is 0. The molecule has 0 radical (unpaired) electrons. The van der Waals surface area contributed by atoms with E-state index in [1.807, 2.05) is 30.0 Å². The summed E-state index contributed by atoms with van der Waals surface area (Å²) < 4.78 is 39.6. The van der Waals surface area contributed by atoms with Gasteiger partial charge >= 0.3 is 6.18 Å². The van der Waals surface area contributed by atoms with E-state index in [4.69, 9.17) is 0 Å². The normalized spacial score (nSPS) is 18.1. The summed E-state index contributed by atoms with van der Waals surface area (Å²) in [6, 6.07) is 4.94. The van der Waals surface area contributed by atoms with Crippen molar-refractivity contribution in [3.8, 4) is 0 Å². The van der Waals surface area contributed by atoms with E-state index < -0.39 is 18.6 Å². The van der Waals surface area contributed by atoms with E-state index in [0.717, 1.165) is 28.7 Å². The highest BCUT2D eigenvalue weighted by Gasteiger charge is 2.36. The number of alkyl halides is 3. The summed E-state index contributed by atoms with van der Waals surface area (Å²) in [6.07, 6.45) is -4.96. The number of hydrogen-bond acceptors (Lipinski definition) is 2. The van der Waals surface area contributed by atoms with Crippen LogP contribution in [0.15, 0.2) is 22.7 Å². The number of benzene rings is 1. The van der Waals surface area contributed by atoms with Crippen molar-refractivity contribution < 1.29 is 13.2 Å². The molecule has 0 amide bonds. The van der Waals surface area contributed by atoms with Crippen molar-refractivity contribution in [1.82, 2.24) is 10.2 Å². The van der Waals surface area contributed by atoms with Crippen LogP contribution in [-0.4, -0.2) is 37.3 Å². The average molecular weight is 388 g/mol. The predicted octanol–water partition coefficient (Wildman–Crippen LogP) is 4.08. The highest BCUT2D eigenvalue weighted by atomic mass is 79.9. The van der Waals surface area contributed by atoms with Crippen molar-refractivity contribution in [2.75, 3.05) is 26.2 Å². The highest BCUT2D eigenvalue weighted by Crippen LogP contribution is 2.36. The SMILES string of the molecule is Cc1ccc(Br)cc1[C@@H](CC(F)(F)F)N1CCNCC1.Cl. The van der Waals surface area contributed by atoms with E-state index in [1.54, 1.807) is 0 Å². The van der Waals surface area contributed by atoms with E-state index >= 15 is 0 Å². The predicted molar refractivity (Wildman–Crippen MR) is 84.0 cm³/mol. The standard InChI is InChI=1S/C14H18BrF3N2.ClH/c1-10-2-3-11(15)8-12(10)13(9-14(16,17)18)20-6-4-19-5-7-20;/h2-3,8,13,19H,4-7,9H2,1H3;1H/t13-;/m1./s1. The van der Waals surface area contributed by atoms with Gasteiger partial charge in [-0.05, 0) is 30.2 Å². The molecule has 21 heavy (non-hydrogen) atoms. The minimum atomic E-state index is -4.16. The van der Waals surface area contributed by atoms with Gasteiger partial charge in [-0.1, -0.05) is 22.0 Å². The monoisotopic (exact) mass is 386 g/mol. The first kappa shape index (κ1) is 18.7. The van der Waals surface area contributed by atoms with Gasteiger partial charge in [-0.3, -0.25) is 4.90 Å². The highest BCUT2D eigenvalue weighted by molar-refractivity contribution is 9.10. The molecule has 1 N–H and O–H groups in total. The molecule has 2 nitrogen and oxygen atoms in total. The second kappa shape index (κ2) is 7.81. The Bertz CT molecular complexity index is 462.